The molecule has 0 fully saturated rings. The molecule has 1 rings (SSSR count). The Labute approximate surface area is 96.3 Å². The van der Waals surface area contributed by atoms with Gasteiger partial charge in [-0.1, -0.05) is 13.8 Å². The smallest absolute Gasteiger partial charge is 0.120 e. The van der Waals surface area contributed by atoms with Crippen LogP contribution in [0.5, 0.6) is 11.5 Å². The second-order valence-electron chi connectivity index (χ2n) is 3.98. The van der Waals surface area contributed by atoms with E-state index >= 15 is 0 Å². The van der Waals surface area contributed by atoms with E-state index in [0.29, 0.717) is 11.5 Å². The average molecular weight is 232 g/mol. The van der Waals surface area contributed by atoms with E-state index in [-0.39, 0.29) is 29.9 Å². The molecule has 0 amide bonds. The van der Waals surface area contributed by atoms with Crippen molar-refractivity contribution in [3.05, 3.63) is 23.8 Å². The maximum Gasteiger partial charge on any atom is 0.120 e. The number of hydrogen-bond donors (Lipinski definition) is 3. The van der Waals surface area contributed by atoms with Gasteiger partial charge in [0.2, 0.25) is 0 Å². The van der Waals surface area contributed by atoms with E-state index in [9.17, 15) is 10.2 Å². The zero-order chi connectivity index (χ0) is 10.7. The summed E-state index contributed by atoms with van der Waals surface area (Å²) in [4.78, 5) is 0. The van der Waals surface area contributed by atoms with Gasteiger partial charge >= 0.3 is 0 Å². The van der Waals surface area contributed by atoms with Crippen molar-refractivity contribution in [2.75, 3.05) is 0 Å². The summed E-state index contributed by atoms with van der Waals surface area (Å²) in [6, 6.07) is 4.20. The standard InChI is InChI=1S/C11H17NO2.ClH/c1-7(2)5-10(12)9-6-8(13)3-4-11(9)14;/h3-4,6-7,10,13-14H,5,12H2,1-2H3;1H/t10-;/m1./s1. The third-order valence-electron chi connectivity index (χ3n) is 2.14. The van der Waals surface area contributed by atoms with E-state index in [0.717, 1.165) is 6.42 Å². The first kappa shape index (κ1) is 14.1. The number of phenolic OH excluding ortho intramolecular Hbond substituents is 2. The molecule has 1 atom stereocenters. The zero-order valence-electron chi connectivity index (χ0n) is 8.97. The molecule has 0 unspecified atom stereocenters. The van der Waals surface area contributed by atoms with Crippen molar-refractivity contribution < 1.29 is 10.2 Å². The Morgan fingerprint density at radius 3 is 2.40 bits per heavy atom. The van der Waals surface area contributed by atoms with Crippen LogP contribution in [0.1, 0.15) is 31.9 Å². The largest absolute Gasteiger partial charge is 0.508 e. The molecule has 1 aromatic rings. The van der Waals surface area contributed by atoms with Crippen molar-refractivity contribution in [1.29, 1.82) is 0 Å². The number of phenols is 2. The van der Waals surface area contributed by atoms with Gasteiger partial charge in [0, 0.05) is 11.6 Å². The summed E-state index contributed by atoms with van der Waals surface area (Å²) in [5.74, 6) is 0.750. The SMILES string of the molecule is CC(C)C[C@@H](N)c1cc(O)ccc1O.Cl. The summed E-state index contributed by atoms with van der Waals surface area (Å²) in [7, 11) is 0. The summed E-state index contributed by atoms with van der Waals surface area (Å²) >= 11 is 0. The maximum atomic E-state index is 9.53. The van der Waals surface area contributed by atoms with Crippen LogP contribution in [0.3, 0.4) is 0 Å². The van der Waals surface area contributed by atoms with Crippen LogP contribution in [0.25, 0.3) is 0 Å². The molecule has 0 heterocycles. The average Bonchev–Trinajstić information content (AvgIpc) is 2.08. The van der Waals surface area contributed by atoms with Crippen molar-refractivity contribution in [1.82, 2.24) is 0 Å². The Morgan fingerprint density at radius 1 is 1.27 bits per heavy atom. The van der Waals surface area contributed by atoms with Gasteiger partial charge in [0.1, 0.15) is 11.5 Å². The normalized spacial score (nSPS) is 12.3. The second kappa shape index (κ2) is 5.83. The van der Waals surface area contributed by atoms with E-state index in [1.54, 1.807) is 0 Å². The number of halogens is 1. The predicted octanol–water partition coefficient (Wildman–Crippen LogP) is 2.57. The Bertz CT molecular complexity index is 315. The highest BCUT2D eigenvalue weighted by Gasteiger charge is 2.12. The molecule has 0 bridgehead atoms. The van der Waals surface area contributed by atoms with Gasteiger partial charge in [0.15, 0.2) is 0 Å². The molecular formula is C11H18ClNO2. The minimum Gasteiger partial charge on any atom is -0.508 e. The number of benzene rings is 1. The maximum absolute atomic E-state index is 9.53. The molecule has 4 heteroatoms. The Hall–Kier alpha value is -0.930. The van der Waals surface area contributed by atoms with Crippen LogP contribution in [-0.4, -0.2) is 10.2 Å². The molecule has 0 aliphatic rings. The van der Waals surface area contributed by atoms with Crippen molar-refractivity contribution in [2.24, 2.45) is 11.7 Å². The Balaban J connectivity index is 0.00000196. The van der Waals surface area contributed by atoms with E-state index < -0.39 is 0 Å². The highest BCUT2D eigenvalue weighted by molar-refractivity contribution is 5.85. The first-order valence-electron chi connectivity index (χ1n) is 4.78. The van der Waals surface area contributed by atoms with Crippen molar-refractivity contribution in [3.8, 4) is 11.5 Å². The van der Waals surface area contributed by atoms with Crippen molar-refractivity contribution >= 4 is 12.4 Å². The molecule has 1 aromatic carbocycles. The minimum atomic E-state index is -0.220. The lowest BCUT2D eigenvalue weighted by Gasteiger charge is -2.15. The lowest BCUT2D eigenvalue weighted by atomic mass is 9.97. The molecule has 0 radical (unpaired) electrons. The second-order valence-corrected chi connectivity index (χ2v) is 3.98. The summed E-state index contributed by atoms with van der Waals surface area (Å²) < 4.78 is 0. The molecule has 4 N–H and O–H groups in total. The molecule has 0 aliphatic carbocycles. The first-order valence-corrected chi connectivity index (χ1v) is 4.78. The quantitative estimate of drug-likeness (QED) is 0.701. The Kier molecular flexibility index (Phi) is 5.47. The lowest BCUT2D eigenvalue weighted by Crippen LogP contribution is -2.12. The number of rotatable bonds is 3. The van der Waals surface area contributed by atoms with E-state index in [1.165, 1.54) is 18.2 Å². The van der Waals surface area contributed by atoms with Crippen molar-refractivity contribution in [2.45, 2.75) is 26.3 Å². The summed E-state index contributed by atoms with van der Waals surface area (Å²) in [6.45, 7) is 4.14. The topological polar surface area (TPSA) is 66.5 Å². The monoisotopic (exact) mass is 231 g/mol. The molecular weight excluding hydrogens is 214 g/mol. The summed E-state index contributed by atoms with van der Waals surface area (Å²) in [5, 5.41) is 18.8. The molecule has 15 heavy (non-hydrogen) atoms. The third kappa shape index (κ3) is 3.98. The van der Waals surface area contributed by atoms with E-state index in [2.05, 4.69) is 13.8 Å². The Morgan fingerprint density at radius 2 is 1.87 bits per heavy atom. The van der Waals surface area contributed by atoms with Crippen LogP contribution in [0, 0.1) is 5.92 Å². The van der Waals surface area contributed by atoms with Gasteiger partial charge in [-0.2, -0.15) is 0 Å². The van der Waals surface area contributed by atoms with Gasteiger partial charge in [0.25, 0.3) is 0 Å². The molecule has 0 aromatic heterocycles. The van der Waals surface area contributed by atoms with Crippen LogP contribution in [-0.2, 0) is 0 Å². The van der Waals surface area contributed by atoms with Crippen LogP contribution >= 0.6 is 12.4 Å². The van der Waals surface area contributed by atoms with Gasteiger partial charge in [-0.15, -0.1) is 12.4 Å². The fourth-order valence-electron chi connectivity index (χ4n) is 1.47. The van der Waals surface area contributed by atoms with Gasteiger partial charge in [-0.3, -0.25) is 0 Å². The van der Waals surface area contributed by atoms with Crippen LogP contribution in [0.2, 0.25) is 0 Å². The molecule has 0 saturated heterocycles. The minimum absolute atomic E-state index is 0. The fraction of sp³-hybridized carbons (Fsp3) is 0.455. The predicted molar refractivity (Wildman–Crippen MR) is 63.4 cm³/mol. The fourth-order valence-corrected chi connectivity index (χ4v) is 1.47. The van der Waals surface area contributed by atoms with Crippen molar-refractivity contribution in [3.63, 3.8) is 0 Å². The lowest BCUT2D eigenvalue weighted by molar-refractivity contribution is 0.435. The summed E-state index contributed by atoms with van der Waals surface area (Å²) in [6.07, 6.45) is 0.789. The highest BCUT2D eigenvalue weighted by atomic mass is 35.5. The molecule has 0 saturated carbocycles. The molecule has 3 nitrogen and oxygen atoms in total. The zero-order valence-corrected chi connectivity index (χ0v) is 9.79. The number of hydrogen-bond acceptors (Lipinski definition) is 3. The number of nitrogens with two attached hydrogens (primary N) is 1. The first-order chi connectivity index (χ1) is 6.50. The van der Waals surface area contributed by atoms with E-state index in [4.69, 9.17) is 5.73 Å². The summed E-state index contributed by atoms with van der Waals surface area (Å²) in [5.41, 5.74) is 6.50. The number of aromatic hydroxyl groups is 2. The molecule has 0 aliphatic heterocycles. The highest BCUT2D eigenvalue weighted by Crippen LogP contribution is 2.29. The van der Waals surface area contributed by atoms with E-state index in [1.807, 2.05) is 0 Å². The molecule has 86 valence electrons. The van der Waals surface area contributed by atoms with Gasteiger partial charge in [-0.05, 0) is 30.5 Å². The van der Waals surface area contributed by atoms with Crippen LogP contribution in [0.15, 0.2) is 18.2 Å². The van der Waals surface area contributed by atoms with Crippen LogP contribution < -0.4 is 5.73 Å². The molecule has 0 spiro atoms. The van der Waals surface area contributed by atoms with Gasteiger partial charge < -0.3 is 15.9 Å². The van der Waals surface area contributed by atoms with Crippen LogP contribution in [0.4, 0.5) is 0 Å². The third-order valence-corrected chi connectivity index (χ3v) is 2.14. The van der Waals surface area contributed by atoms with Gasteiger partial charge in [0.05, 0.1) is 0 Å². The van der Waals surface area contributed by atoms with Gasteiger partial charge in [-0.25, -0.2) is 0 Å².